The number of unbranched alkanes of at least 4 members (excludes halogenated alkanes) is 12. The van der Waals surface area contributed by atoms with E-state index < -0.39 is 78.9 Å². The Morgan fingerprint density at radius 1 is 0.189 bits per heavy atom. The zero-order valence-electron chi connectivity index (χ0n) is 53.1. The lowest BCUT2D eigenvalue weighted by Gasteiger charge is -1.96. The van der Waals surface area contributed by atoms with Crippen LogP contribution in [0.5, 0.6) is 0 Å². The number of hydrogen-bond acceptors (Lipinski definition) is 33. The number of carbonyl (C=O) groups is 3. The quantitative estimate of drug-likeness (QED) is 0.0255. The van der Waals surface area contributed by atoms with Gasteiger partial charge in [0.25, 0.3) is 0 Å². The van der Waals surface area contributed by atoms with Gasteiger partial charge in [-0.15, -0.1) is 0 Å². The molecular weight excluding hydrogens is 1220 g/mol. The minimum Gasteiger partial charge on any atom is -0.481 e. The summed E-state index contributed by atoms with van der Waals surface area (Å²) in [6.07, 6.45) is 8.12. The maximum Gasteiger partial charge on any atom is 0.303 e. The molecular formula is C54H128O36. The molecule has 0 atom stereocenters. The summed E-state index contributed by atoms with van der Waals surface area (Å²) in [5.74, 6) is -2.01. The van der Waals surface area contributed by atoms with E-state index in [1.807, 2.05) is 0 Å². The second-order valence-corrected chi connectivity index (χ2v) is 17.9. The molecule has 36 heteroatoms. The highest BCUT2D eigenvalue weighted by molar-refractivity contribution is 5.67. The highest BCUT2D eigenvalue weighted by Gasteiger charge is 2.01. The van der Waals surface area contributed by atoms with Crippen molar-refractivity contribution in [2.75, 3.05) is 132 Å². The van der Waals surface area contributed by atoms with Gasteiger partial charge in [-0.25, -0.2) is 0 Å². The number of aliphatic hydroxyl groups excluding tert-OH is 30. The van der Waals surface area contributed by atoms with Gasteiger partial charge < -0.3 is 169 Å². The van der Waals surface area contributed by atoms with Crippen molar-refractivity contribution in [3.8, 4) is 0 Å². The molecule has 0 amide bonds. The zero-order valence-corrected chi connectivity index (χ0v) is 53.1. The fraction of sp³-hybridized carbons (Fsp3) is 0.944. The summed E-state index contributed by atoms with van der Waals surface area (Å²) in [6, 6.07) is 0. The summed E-state index contributed by atoms with van der Waals surface area (Å²) in [5, 5.41) is 265. The van der Waals surface area contributed by atoms with Crippen LogP contribution in [0.25, 0.3) is 0 Å². The third-order valence-electron chi connectivity index (χ3n) is 8.70. The van der Waals surface area contributed by atoms with E-state index in [-0.39, 0.29) is 132 Å². The smallest absolute Gasteiger partial charge is 0.303 e. The molecule has 0 bridgehead atoms. The number of aliphatic hydroxyl groups is 30. The fourth-order valence-electron chi connectivity index (χ4n) is 3.22. The summed E-state index contributed by atoms with van der Waals surface area (Å²) in [5.41, 5.74) is 0. The first-order valence-corrected chi connectivity index (χ1v) is 29.0. The maximum atomic E-state index is 10.0. The van der Waals surface area contributed by atoms with Gasteiger partial charge in [0, 0.05) is 19.3 Å². The van der Waals surface area contributed by atoms with Gasteiger partial charge in [0.1, 0.15) is 61.0 Å². The molecule has 33 N–H and O–H groups in total. The Labute approximate surface area is 529 Å². The van der Waals surface area contributed by atoms with Crippen molar-refractivity contribution in [2.45, 2.75) is 197 Å². The van der Waals surface area contributed by atoms with Gasteiger partial charge in [-0.3, -0.25) is 14.4 Å². The van der Waals surface area contributed by atoms with E-state index in [0.29, 0.717) is 19.3 Å². The highest BCUT2D eigenvalue weighted by atomic mass is 16.4. The number of rotatable bonds is 38. The Morgan fingerprint density at radius 2 is 0.278 bits per heavy atom. The molecule has 0 fully saturated rings. The Morgan fingerprint density at radius 3 is 0.333 bits per heavy atom. The molecule has 90 heavy (non-hydrogen) atoms. The first-order valence-electron chi connectivity index (χ1n) is 29.0. The molecule has 0 saturated carbocycles. The third kappa shape index (κ3) is 178. The average Bonchev–Trinajstić information content (AvgIpc) is 3.57. The van der Waals surface area contributed by atoms with E-state index in [4.69, 9.17) is 169 Å². The first kappa shape index (κ1) is 118. The van der Waals surface area contributed by atoms with Gasteiger partial charge in [-0.1, -0.05) is 97.8 Å². The average molecular weight is 1350 g/mol. The zero-order chi connectivity index (χ0) is 73.4. The van der Waals surface area contributed by atoms with Crippen LogP contribution < -0.4 is 0 Å². The van der Waals surface area contributed by atoms with Crippen LogP contribution in [-0.4, -0.2) is 380 Å². The fourth-order valence-corrected chi connectivity index (χ4v) is 3.22. The molecule has 0 unspecified atom stereocenters. The second-order valence-electron chi connectivity index (χ2n) is 17.9. The van der Waals surface area contributed by atoms with Gasteiger partial charge in [0.2, 0.25) is 0 Å². The van der Waals surface area contributed by atoms with Crippen LogP contribution in [0.15, 0.2) is 0 Å². The summed E-state index contributed by atoms with van der Waals surface area (Å²) in [7, 11) is 0. The molecule has 560 valence electrons. The number of carboxylic acids is 3. The lowest BCUT2D eigenvalue weighted by molar-refractivity contribution is -0.138. The molecule has 0 radical (unpaired) electrons. The van der Waals surface area contributed by atoms with Crippen molar-refractivity contribution in [1.82, 2.24) is 0 Å². The maximum absolute atomic E-state index is 10.0. The predicted octanol–water partition coefficient (Wildman–Crippen LogP) is -9.39. The first-order chi connectivity index (χ1) is 42.4. The van der Waals surface area contributed by atoms with Crippen molar-refractivity contribution in [1.29, 1.82) is 0 Å². The number of aliphatic carboxylic acids is 3. The van der Waals surface area contributed by atoms with Gasteiger partial charge in [-0.2, -0.15) is 0 Å². The minimum absolute atomic E-state index is 0.337. The van der Waals surface area contributed by atoms with Crippen molar-refractivity contribution >= 4 is 17.9 Å². The SMILES string of the molecule is CCCCCCCC(=O)O.CCCCCCCC(=O)O.CCCCCCCC(=O)O.OCC(O)CO.OCC(O)CO.OCC(O)CO.OCC(O)CO.OCC(O)CO.OCC(O)CO.OCC(O)CO.OCC(O)CO.OCC(O)CO.OCC(O)CO. The Hall–Kier alpha value is -2.79. The van der Waals surface area contributed by atoms with E-state index in [9.17, 15) is 14.4 Å². The van der Waals surface area contributed by atoms with Crippen LogP contribution >= 0.6 is 0 Å². The third-order valence-corrected chi connectivity index (χ3v) is 8.70. The van der Waals surface area contributed by atoms with Crippen molar-refractivity contribution in [3.63, 3.8) is 0 Å². The normalized spacial score (nSPS) is 9.90. The van der Waals surface area contributed by atoms with Gasteiger partial charge >= 0.3 is 17.9 Å². The molecule has 0 saturated heterocycles. The lowest BCUT2D eigenvalue weighted by atomic mass is 10.1. The van der Waals surface area contributed by atoms with E-state index in [2.05, 4.69) is 20.8 Å². The highest BCUT2D eigenvalue weighted by Crippen LogP contribution is 2.06. The predicted molar refractivity (Wildman–Crippen MR) is 325 cm³/mol. The molecule has 0 heterocycles. The molecule has 0 spiro atoms. The van der Waals surface area contributed by atoms with Gasteiger partial charge in [0.05, 0.1) is 132 Å². The van der Waals surface area contributed by atoms with Crippen LogP contribution in [0, 0.1) is 0 Å². The summed E-state index contributed by atoms with van der Waals surface area (Å²) < 4.78 is 0. The van der Waals surface area contributed by atoms with E-state index in [1.54, 1.807) is 0 Å². The largest absolute Gasteiger partial charge is 0.481 e. The molecule has 0 rings (SSSR count). The van der Waals surface area contributed by atoms with Crippen LogP contribution in [0.2, 0.25) is 0 Å². The molecule has 0 aliphatic heterocycles. The minimum atomic E-state index is -0.954. The molecule has 0 aromatic rings. The second kappa shape index (κ2) is 114. The van der Waals surface area contributed by atoms with Crippen LogP contribution in [0.3, 0.4) is 0 Å². The number of carboxylic acid groups (broad SMARTS) is 3. The monoisotopic (exact) mass is 1350 g/mol. The van der Waals surface area contributed by atoms with Gasteiger partial charge in [-0.05, 0) is 19.3 Å². The Balaban J connectivity index is -0.0000000653. The van der Waals surface area contributed by atoms with Crippen LogP contribution in [-0.2, 0) is 14.4 Å². The Kier molecular flexibility index (Phi) is 149. The molecule has 0 aromatic heterocycles. The number of hydrogen-bond donors (Lipinski definition) is 33. The lowest BCUT2D eigenvalue weighted by Crippen LogP contribution is -2.15. The van der Waals surface area contributed by atoms with Crippen molar-refractivity contribution in [3.05, 3.63) is 0 Å². The molecule has 0 aliphatic rings. The topological polar surface area (TPSA) is 719 Å². The van der Waals surface area contributed by atoms with Gasteiger partial charge in [0.15, 0.2) is 0 Å². The van der Waals surface area contributed by atoms with E-state index >= 15 is 0 Å². The van der Waals surface area contributed by atoms with E-state index in [0.717, 1.165) is 38.5 Å². The Bertz CT molecular complexity index is 918. The van der Waals surface area contributed by atoms with Crippen molar-refractivity contribution in [2.24, 2.45) is 0 Å². The summed E-state index contributed by atoms with van der Waals surface area (Å²) in [4.78, 5) is 30.1. The van der Waals surface area contributed by atoms with Crippen LogP contribution in [0.1, 0.15) is 136 Å². The van der Waals surface area contributed by atoms with Crippen molar-refractivity contribution < 1.29 is 183 Å². The molecule has 36 nitrogen and oxygen atoms in total. The van der Waals surface area contributed by atoms with E-state index in [1.165, 1.54) is 57.8 Å². The molecule has 0 aliphatic carbocycles. The molecule has 0 aromatic carbocycles. The summed E-state index contributed by atoms with van der Waals surface area (Å²) in [6.45, 7) is -0.842. The summed E-state index contributed by atoms with van der Waals surface area (Å²) >= 11 is 0. The van der Waals surface area contributed by atoms with Crippen LogP contribution in [0.4, 0.5) is 0 Å². The standard InChI is InChI=1S/3C8H16O2.10C3H8O3/c3*1-2-3-4-5-6-7-8(9)10;10*4-1-3(6)2-5/h3*2-7H2,1H3,(H,9,10);10*3-6H,1-2H2.